The van der Waals surface area contributed by atoms with Gasteiger partial charge < -0.3 is 10.1 Å². The van der Waals surface area contributed by atoms with Crippen molar-refractivity contribution in [2.45, 2.75) is 6.42 Å². The number of anilines is 1. The van der Waals surface area contributed by atoms with Gasteiger partial charge in [-0.3, -0.25) is 0 Å². The molecule has 0 amide bonds. The molecule has 0 aromatic heterocycles. The molecule has 1 aromatic rings. The second kappa shape index (κ2) is 3.72. The van der Waals surface area contributed by atoms with Gasteiger partial charge >= 0.3 is 0 Å². The van der Waals surface area contributed by atoms with E-state index in [1.165, 1.54) is 0 Å². The van der Waals surface area contributed by atoms with Gasteiger partial charge in [0.15, 0.2) is 0 Å². The Hall–Kier alpha value is -1.67. The Morgan fingerprint density at radius 1 is 1.31 bits per heavy atom. The van der Waals surface area contributed by atoms with E-state index in [-0.39, 0.29) is 0 Å². The van der Waals surface area contributed by atoms with Crippen molar-refractivity contribution in [2.24, 2.45) is 0 Å². The number of nitrogens with one attached hydrogen (secondary N) is 1. The lowest BCUT2D eigenvalue weighted by molar-refractivity contribution is 0.480. The summed E-state index contributed by atoms with van der Waals surface area (Å²) in [6.45, 7) is 0. The van der Waals surface area contributed by atoms with Crippen molar-refractivity contribution < 1.29 is 4.74 Å². The van der Waals surface area contributed by atoms with Crippen LogP contribution in [0.1, 0.15) is 6.42 Å². The summed E-state index contributed by atoms with van der Waals surface area (Å²) in [5.41, 5.74) is 3.12. The molecular formula is C13H10ClNO. The SMILES string of the molecule is Clc1ccc2c(c1)NC1=CC=CCC1=CO2. The van der Waals surface area contributed by atoms with Crippen molar-refractivity contribution in [3.8, 4) is 5.75 Å². The van der Waals surface area contributed by atoms with Crippen LogP contribution >= 0.6 is 11.6 Å². The Bertz CT molecular complexity index is 529. The van der Waals surface area contributed by atoms with Crippen LogP contribution in [0.15, 0.2) is 54.0 Å². The van der Waals surface area contributed by atoms with E-state index in [0.29, 0.717) is 5.02 Å². The molecule has 0 bridgehead atoms. The minimum absolute atomic E-state index is 0.699. The van der Waals surface area contributed by atoms with E-state index in [1.807, 2.05) is 30.4 Å². The Balaban J connectivity index is 2.07. The molecule has 0 saturated heterocycles. The Morgan fingerprint density at radius 3 is 3.19 bits per heavy atom. The highest BCUT2D eigenvalue weighted by Crippen LogP contribution is 2.34. The zero-order valence-electron chi connectivity index (χ0n) is 8.53. The van der Waals surface area contributed by atoms with Crippen molar-refractivity contribution in [1.29, 1.82) is 0 Å². The second-order valence-electron chi connectivity index (χ2n) is 3.74. The number of fused-ring (bicyclic) bond motifs is 2. The third kappa shape index (κ3) is 1.61. The first-order chi connectivity index (χ1) is 7.83. The number of halogens is 1. The molecule has 1 heterocycles. The third-order valence-electron chi connectivity index (χ3n) is 2.62. The summed E-state index contributed by atoms with van der Waals surface area (Å²) >= 11 is 5.96. The molecule has 0 radical (unpaired) electrons. The molecule has 16 heavy (non-hydrogen) atoms. The molecule has 0 unspecified atom stereocenters. The number of benzene rings is 1. The molecule has 1 N–H and O–H groups in total. The first kappa shape index (κ1) is 9.55. The average Bonchev–Trinajstić information content (AvgIpc) is 2.47. The van der Waals surface area contributed by atoms with Crippen LogP contribution in [0.2, 0.25) is 5.02 Å². The van der Waals surface area contributed by atoms with Crippen LogP contribution in [0.4, 0.5) is 5.69 Å². The highest BCUT2D eigenvalue weighted by molar-refractivity contribution is 6.30. The van der Waals surface area contributed by atoms with Crippen molar-refractivity contribution in [3.05, 3.63) is 59.0 Å². The topological polar surface area (TPSA) is 21.3 Å². The molecule has 1 aliphatic heterocycles. The molecule has 0 spiro atoms. The average molecular weight is 232 g/mol. The van der Waals surface area contributed by atoms with Crippen LogP contribution < -0.4 is 10.1 Å². The van der Waals surface area contributed by atoms with Crippen LogP contribution in [0, 0.1) is 0 Å². The molecule has 2 nitrogen and oxygen atoms in total. The summed E-state index contributed by atoms with van der Waals surface area (Å²) < 4.78 is 5.62. The van der Waals surface area contributed by atoms with E-state index >= 15 is 0 Å². The molecule has 3 rings (SSSR count). The summed E-state index contributed by atoms with van der Waals surface area (Å²) in [6, 6.07) is 5.56. The summed E-state index contributed by atoms with van der Waals surface area (Å²) in [7, 11) is 0. The summed E-state index contributed by atoms with van der Waals surface area (Å²) in [4.78, 5) is 0. The fourth-order valence-electron chi connectivity index (χ4n) is 1.79. The lowest BCUT2D eigenvalue weighted by atomic mass is 10.1. The monoisotopic (exact) mass is 231 g/mol. The van der Waals surface area contributed by atoms with Gasteiger partial charge in [0.1, 0.15) is 5.75 Å². The normalized spacial score (nSPS) is 17.1. The number of rotatable bonds is 0. The summed E-state index contributed by atoms with van der Waals surface area (Å²) in [5.74, 6) is 0.798. The predicted molar refractivity (Wildman–Crippen MR) is 65.6 cm³/mol. The number of allylic oxidation sites excluding steroid dienone is 4. The zero-order valence-corrected chi connectivity index (χ0v) is 9.29. The molecule has 1 aromatic carbocycles. The van der Waals surface area contributed by atoms with E-state index in [0.717, 1.165) is 29.1 Å². The molecule has 2 aliphatic rings. The van der Waals surface area contributed by atoms with Gasteiger partial charge in [0.2, 0.25) is 0 Å². The standard InChI is InChI=1S/C13H10ClNO/c14-10-5-6-13-12(7-10)15-11-4-2-1-3-9(11)8-16-13/h1-2,4-8,15H,3H2. The predicted octanol–water partition coefficient (Wildman–Crippen LogP) is 3.87. The quantitative estimate of drug-likeness (QED) is 0.732. The smallest absolute Gasteiger partial charge is 0.150 e. The lowest BCUT2D eigenvalue weighted by Gasteiger charge is -2.12. The minimum atomic E-state index is 0.699. The van der Waals surface area contributed by atoms with Crippen LogP contribution in [0.25, 0.3) is 0 Å². The zero-order chi connectivity index (χ0) is 11.0. The van der Waals surface area contributed by atoms with Gasteiger partial charge in [0.05, 0.1) is 11.9 Å². The maximum atomic E-state index is 5.96. The van der Waals surface area contributed by atoms with E-state index in [9.17, 15) is 0 Å². The van der Waals surface area contributed by atoms with Crippen LogP contribution in [-0.2, 0) is 0 Å². The Kier molecular flexibility index (Phi) is 2.22. The molecule has 3 heteroatoms. The summed E-state index contributed by atoms with van der Waals surface area (Å²) in [6.07, 6.45) is 8.86. The van der Waals surface area contributed by atoms with Crippen molar-refractivity contribution in [3.63, 3.8) is 0 Å². The fraction of sp³-hybridized carbons (Fsp3) is 0.0769. The van der Waals surface area contributed by atoms with Gasteiger partial charge in [-0.25, -0.2) is 0 Å². The number of hydrogen-bond acceptors (Lipinski definition) is 2. The van der Waals surface area contributed by atoms with E-state index < -0.39 is 0 Å². The van der Waals surface area contributed by atoms with E-state index in [1.54, 1.807) is 6.26 Å². The first-order valence-corrected chi connectivity index (χ1v) is 5.50. The highest BCUT2D eigenvalue weighted by atomic mass is 35.5. The van der Waals surface area contributed by atoms with Gasteiger partial charge in [-0.05, 0) is 30.7 Å². The Morgan fingerprint density at radius 2 is 2.25 bits per heavy atom. The number of hydrogen-bond donors (Lipinski definition) is 1. The van der Waals surface area contributed by atoms with Gasteiger partial charge in [-0.1, -0.05) is 23.8 Å². The molecular weight excluding hydrogens is 222 g/mol. The molecule has 80 valence electrons. The van der Waals surface area contributed by atoms with E-state index in [4.69, 9.17) is 16.3 Å². The lowest BCUT2D eigenvalue weighted by Crippen LogP contribution is -2.02. The number of ether oxygens (including phenoxy) is 1. The largest absolute Gasteiger partial charge is 0.462 e. The highest BCUT2D eigenvalue weighted by Gasteiger charge is 2.14. The summed E-state index contributed by atoms with van der Waals surface area (Å²) in [5, 5.41) is 4.03. The van der Waals surface area contributed by atoms with Gasteiger partial charge in [-0.15, -0.1) is 0 Å². The van der Waals surface area contributed by atoms with Gasteiger partial charge in [0, 0.05) is 16.3 Å². The molecule has 0 atom stereocenters. The van der Waals surface area contributed by atoms with Crippen LogP contribution in [0.3, 0.4) is 0 Å². The minimum Gasteiger partial charge on any atom is -0.462 e. The van der Waals surface area contributed by atoms with Crippen molar-refractivity contribution in [1.82, 2.24) is 0 Å². The van der Waals surface area contributed by atoms with Crippen molar-refractivity contribution >= 4 is 17.3 Å². The van der Waals surface area contributed by atoms with Gasteiger partial charge in [0.25, 0.3) is 0 Å². The van der Waals surface area contributed by atoms with Crippen molar-refractivity contribution in [2.75, 3.05) is 5.32 Å². The molecule has 0 saturated carbocycles. The maximum absolute atomic E-state index is 5.96. The second-order valence-corrected chi connectivity index (χ2v) is 4.18. The van der Waals surface area contributed by atoms with Gasteiger partial charge in [-0.2, -0.15) is 0 Å². The van der Waals surface area contributed by atoms with Crippen LogP contribution in [-0.4, -0.2) is 0 Å². The fourth-order valence-corrected chi connectivity index (χ4v) is 1.96. The Labute approximate surface area is 98.9 Å². The van der Waals surface area contributed by atoms with Crippen LogP contribution in [0.5, 0.6) is 5.75 Å². The third-order valence-corrected chi connectivity index (χ3v) is 2.86. The first-order valence-electron chi connectivity index (χ1n) is 5.12. The molecule has 0 fully saturated rings. The van der Waals surface area contributed by atoms with E-state index in [2.05, 4.69) is 11.4 Å². The molecule has 1 aliphatic carbocycles. The maximum Gasteiger partial charge on any atom is 0.150 e.